The first kappa shape index (κ1) is 11.0. The van der Waals surface area contributed by atoms with Gasteiger partial charge in [-0.05, 0) is 23.6 Å². The lowest BCUT2D eigenvalue weighted by Gasteiger charge is -2.14. The van der Waals surface area contributed by atoms with Crippen molar-refractivity contribution in [2.75, 3.05) is 0 Å². The van der Waals surface area contributed by atoms with Crippen LogP contribution in [-0.2, 0) is 4.79 Å². The fraction of sp³-hybridized carbons (Fsp3) is 0.364. The van der Waals surface area contributed by atoms with E-state index in [0.29, 0.717) is 5.02 Å². The molecule has 0 bridgehead atoms. The van der Waals surface area contributed by atoms with Gasteiger partial charge in [-0.15, -0.1) is 0 Å². The maximum Gasteiger partial charge on any atom is 0.235 e. The lowest BCUT2D eigenvalue weighted by atomic mass is 9.97. The zero-order chi connectivity index (χ0) is 10.6. The third-order valence-electron chi connectivity index (χ3n) is 2.01. The molecule has 1 aromatic rings. The molecule has 0 aliphatic carbocycles. The molecule has 1 rings (SSSR count). The molecule has 0 aromatic heterocycles. The van der Waals surface area contributed by atoms with E-state index in [2.05, 4.69) is 4.99 Å². The Labute approximate surface area is 88.6 Å². The molecule has 0 radical (unpaired) electrons. The first-order valence-corrected chi connectivity index (χ1v) is 4.85. The number of nitrogens with zero attached hydrogens (tertiary/aromatic N) is 1. The van der Waals surface area contributed by atoms with Gasteiger partial charge in [0.05, 0.1) is 6.04 Å². The molecule has 0 saturated heterocycles. The molecular weight excluding hydrogens is 198 g/mol. The molecule has 2 nitrogen and oxygen atoms in total. The molecule has 0 aliphatic rings. The van der Waals surface area contributed by atoms with Crippen LogP contribution in [0.3, 0.4) is 0 Å². The second kappa shape index (κ2) is 4.94. The summed E-state index contributed by atoms with van der Waals surface area (Å²) in [4.78, 5) is 14.0. The van der Waals surface area contributed by atoms with Gasteiger partial charge in [0.1, 0.15) is 0 Å². The van der Waals surface area contributed by atoms with Gasteiger partial charge in [0, 0.05) is 5.02 Å². The highest BCUT2D eigenvalue weighted by molar-refractivity contribution is 6.30. The summed E-state index contributed by atoms with van der Waals surface area (Å²) in [5.74, 6) is 0.259. The van der Waals surface area contributed by atoms with Crippen LogP contribution in [0.1, 0.15) is 25.5 Å². The number of carbonyl (C=O) groups excluding carboxylic acids is 1. The van der Waals surface area contributed by atoms with Crippen molar-refractivity contribution in [2.45, 2.75) is 19.9 Å². The number of halogens is 1. The average Bonchev–Trinajstić information content (AvgIpc) is 2.13. The van der Waals surface area contributed by atoms with Crippen LogP contribution in [-0.4, -0.2) is 6.08 Å². The monoisotopic (exact) mass is 209 g/mol. The highest BCUT2D eigenvalue weighted by Gasteiger charge is 2.14. The van der Waals surface area contributed by atoms with Crippen LogP contribution in [0.2, 0.25) is 5.02 Å². The summed E-state index contributed by atoms with van der Waals surface area (Å²) in [6.07, 6.45) is 1.60. The standard InChI is InChI=1S/C11H12ClNO/c1-8(2)11(13-7-14)9-4-3-5-10(12)6-9/h3-6,8,11H,1-2H3. The topological polar surface area (TPSA) is 29.4 Å². The van der Waals surface area contributed by atoms with Crippen molar-refractivity contribution < 1.29 is 4.79 Å². The van der Waals surface area contributed by atoms with Crippen LogP contribution in [0.5, 0.6) is 0 Å². The van der Waals surface area contributed by atoms with Crippen molar-refractivity contribution in [3.05, 3.63) is 34.9 Å². The van der Waals surface area contributed by atoms with Gasteiger partial charge in [-0.2, -0.15) is 4.99 Å². The summed E-state index contributed by atoms with van der Waals surface area (Å²) in [7, 11) is 0. The highest BCUT2D eigenvalue weighted by atomic mass is 35.5. The van der Waals surface area contributed by atoms with Gasteiger partial charge in [0.2, 0.25) is 6.08 Å². The maximum atomic E-state index is 10.3. The largest absolute Gasteiger partial charge is 0.235 e. The Bertz CT molecular complexity index is 356. The molecule has 1 aromatic carbocycles. The van der Waals surface area contributed by atoms with Crippen LogP contribution in [0.4, 0.5) is 0 Å². The minimum atomic E-state index is -0.147. The molecule has 0 N–H and O–H groups in total. The molecule has 0 fully saturated rings. The Morgan fingerprint density at radius 3 is 2.64 bits per heavy atom. The zero-order valence-corrected chi connectivity index (χ0v) is 8.95. The summed E-state index contributed by atoms with van der Waals surface area (Å²) in [6, 6.07) is 7.25. The van der Waals surface area contributed by atoms with E-state index < -0.39 is 0 Å². The number of isocyanates is 1. The van der Waals surface area contributed by atoms with Gasteiger partial charge in [-0.25, -0.2) is 4.79 Å². The van der Waals surface area contributed by atoms with Gasteiger partial charge in [-0.3, -0.25) is 0 Å². The summed E-state index contributed by atoms with van der Waals surface area (Å²) < 4.78 is 0. The number of aliphatic imine (C=N–C) groups is 1. The molecule has 74 valence electrons. The van der Waals surface area contributed by atoms with Crippen molar-refractivity contribution in [1.82, 2.24) is 0 Å². The predicted octanol–water partition coefficient (Wildman–Crippen LogP) is 3.37. The second-order valence-corrected chi connectivity index (χ2v) is 3.90. The predicted molar refractivity (Wildman–Crippen MR) is 57.2 cm³/mol. The summed E-state index contributed by atoms with van der Waals surface area (Å²) >= 11 is 5.85. The highest BCUT2D eigenvalue weighted by Crippen LogP contribution is 2.26. The average molecular weight is 210 g/mol. The maximum absolute atomic E-state index is 10.3. The van der Waals surface area contributed by atoms with Crippen molar-refractivity contribution >= 4 is 17.7 Å². The van der Waals surface area contributed by atoms with E-state index in [1.54, 1.807) is 12.1 Å². The van der Waals surface area contributed by atoms with Crippen molar-refractivity contribution in [3.63, 3.8) is 0 Å². The summed E-state index contributed by atoms with van der Waals surface area (Å²) in [5, 5.41) is 0.661. The van der Waals surface area contributed by atoms with E-state index in [0.717, 1.165) is 5.56 Å². The van der Waals surface area contributed by atoms with Crippen molar-refractivity contribution in [2.24, 2.45) is 10.9 Å². The van der Waals surface area contributed by atoms with E-state index in [1.807, 2.05) is 32.0 Å². The van der Waals surface area contributed by atoms with Crippen LogP contribution < -0.4 is 0 Å². The van der Waals surface area contributed by atoms with Crippen LogP contribution in [0.15, 0.2) is 29.3 Å². The Morgan fingerprint density at radius 1 is 1.43 bits per heavy atom. The molecule has 0 spiro atoms. The molecule has 0 amide bonds. The first-order valence-electron chi connectivity index (χ1n) is 4.47. The van der Waals surface area contributed by atoms with Gasteiger partial charge in [0.15, 0.2) is 0 Å². The second-order valence-electron chi connectivity index (χ2n) is 3.46. The third kappa shape index (κ3) is 2.69. The molecule has 1 atom stereocenters. The fourth-order valence-corrected chi connectivity index (χ4v) is 1.55. The van der Waals surface area contributed by atoms with Gasteiger partial charge in [0.25, 0.3) is 0 Å². The van der Waals surface area contributed by atoms with Crippen LogP contribution in [0, 0.1) is 5.92 Å². The Kier molecular flexibility index (Phi) is 3.87. The normalized spacial score (nSPS) is 12.3. The quantitative estimate of drug-likeness (QED) is 0.554. The molecule has 0 aliphatic heterocycles. The van der Waals surface area contributed by atoms with Gasteiger partial charge < -0.3 is 0 Å². The van der Waals surface area contributed by atoms with E-state index in [4.69, 9.17) is 11.6 Å². The smallest absolute Gasteiger partial charge is 0.211 e. The summed E-state index contributed by atoms with van der Waals surface area (Å²) in [5.41, 5.74) is 0.954. The van der Waals surface area contributed by atoms with Gasteiger partial charge >= 0.3 is 0 Å². The molecule has 1 unspecified atom stereocenters. The molecular formula is C11H12ClNO. The Morgan fingerprint density at radius 2 is 2.14 bits per heavy atom. The first-order chi connectivity index (χ1) is 6.65. The van der Waals surface area contributed by atoms with Crippen LogP contribution >= 0.6 is 11.6 Å². The minimum absolute atomic E-state index is 0.147. The SMILES string of the molecule is CC(C)C(N=C=O)c1cccc(Cl)c1. The van der Waals surface area contributed by atoms with E-state index in [1.165, 1.54) is 0 Å². The molecule has 14 heavy (non-hydrogen) atoms. The molecule has 0 saturated carbocycles. The number of hydrogen-bond acceptors (Lipinski definition) is 2. The minimum Gasteiger partial charge on any atom is -0.211 e. The lowest BCUT2D eigenvalue weighted by molar-refractivity contribution is 0.502. The zero-order valence-electron chi connectivity index (χ0n) is 8.20. The number of rotatable bonds is 3. The number of benzene rings is 1. The molecule has 3 heteroatoms. The Balaban J connectivity index is 3.04. The summed E-state index contributed by atoms with van der Waals surface area (Å²) in [6.45, 7) is 4.01. The third-order valence-corrected chi connectivity index (χ3v) is 2.25. The van der Waals surface area contributed by atoms with Crippen molar-refractivity contribution in [3.8, 4) is 0 Å². The van der Waals surface area contributed by atoms with E-state index in [-0.39, 0.29) is 12.0 Å². The van der Waals surface area contributed by atoms with Gasteiger partial charge in [-0.1, -0.05) is 37.6 Å². The Hall–Kier alpha value is -1.11. The van der Waals surface area contributed by atoms with E-state index in [9.17, 15) is 4.79 Å². The van der Waals surface area contributed by atoms with Crippen LogP contribution in [0.25, 0.3) is 0 Å². The number of hydrogen-bond donors (Lipinski definition) is 0. The lowest BCUT2D eigenvalue weighted by Crippen LogP contribution is -2.03. The van der Waals surface area contributed by atoms with Crippen molar-refractivity contribution in [1.29, 1.82) is 0 Å². The van der Waals surface area contributed by atoms with E-state index >= 15 is 0 Å². The molecule has 0 heterocycles. The fourth-order valence-electron chi connectivity index (χ4n) is 1.36.